The lowest BCUT2D eigenvalue weighted by Gasteiger charge is -2.32. The number of aryl methyl sites for hydroxylation is 1. The fraction of sp³-hybridized carbons (Fsp3) is 0.500. The highest BCUT2D eigenvalue weighted by molar-refractivity contribution is 5.85. The Morgan fingerprint density at radius 1 is 1.30 bits per heavy atom. The zero-order chi connectivity index (χ0) is 14.8. The highest BCUT2D eigenvalue weighted by Gasteiger charge is 2.29. The first kappa shape index (κ1) is 19.5. The molecular weight excluding hydrogens is 337 g/mol. The van der Waals surface area contributed by atoms with Crippen LogP contribution in [-0.4, -0.2) is 32.3 Å². The number of nitrogens with two attached hydrogens (primary N) is 2. The SMILES string of the molecule is Cc1ccn(CCNc2cc(C3CC(N)C3)nc(N)n2)n1.Cl.Cl. The summed E-state index contributed by atoms with van der Waals surface area (Å²) in [4.78, 5) is 8.54. The monoisotopic (exact) mass is 359 g/mol. The molecule has 0 saturated heterocycles. The van der Waals surface area contributed by atoms with Crippen LogP contribution in [0.15, 0.2) is 18.3 Å². The Kier molecular flexibility index (Phi) is 7.05. The van der Waals surface area contributed by atoms with Crippen LogP contribution in [0.3, 0.4) is 0 Å². The molecule has 0 radical (unpaired) electrons. The Morgan fingerprint density at radius 2 is 2.04 bits per heavy atom. The zero-order valence-electron chi connectivity index (χ0n) is 13.0. The lowest BCUT2D eigenvalue weighted by atomic mass is 9.78. The van der Waals surface area contributed by atoms with Crippen molar-refractivity contribution in [3.8, 4) is 0 Å². The van der Waals surface area contributed by atoms with Gasteiger partial charge in [0.15, 0.2) is 0 Å². The number of anilines is 2. The first-order valence-corrected chi connectivity index (χ1v) is 7.24. The quantitative estimate of drug-likeness (QED) is 0.749. The van der Waals surface area contributed by atoms with E-state index in [9.17, 15) is 0 Å². The molecule has 9 heteroatoms. The number of nitrogen functional groups attached to an aromatic ring is 1. The minimum absolute atomic E-state index is 0. The van der Waals surface area contributed by atoms with Crippen LogP contribution in [-0.2, 0) is 6.54 Å². The van der Waals surface area contributed by atoms with Crippen LogP contribution in [0.2, 0.25) is 0 Å². The molecule has 0 unspecified atom stereocenters. The van der Waals surface area contributed by atoms with Crippen LogP contribution in [0, 0.1) is 6.92 Å². The second-order valence-electron chi connectivity index (χ2n) is 5.61. The number of nitrogens with zero attached hydrogens (tertiary/aromatic N) is 4. The molecule has 5 N–H and O–H groups in total. The van der Waals surface area contributed by atoms with Gasteiger partial charge in [-0.25, -0.2) is 4.98 Å². The largest absolute Gasteiger partial charge is 0.368 e. The van der Waals surface area contributed by atoms with E-state index in [4.69, 9.17) is 11.5 Å². The summed E-state index contributed by atoms with van der Waals surface area (Å²) >= 11 is 0. The predicted molar refractivity (Wildman–Crippen MR) is 96.3 cm³/mol. The van der Waals surface area contributed by atoms with Crippen LogP contribution < -0.4 is 16.8 Å². The van der Waals surface area contributed by atoms with Crippen LogP contribution >= 0.6 is 24.8 Å². The van der Waals surface area contributed by atoms with Crippen LogP contribution in [0.1, 0.15) is 30.1 Å². The van der Waals surface area contributed by atoms with Crippen molar-refractivity contribution in [2.75, 3.05) is 17.6 Å². The maximum absolute atomic E-state index is 5.83. The summed E-state index contributed by atoms with van der Waals surface area (Å²) < 4.78 is 1.90. The van der Waals surface area contributed by atoms with Crippen LogP contribution in [0.5, 0.6) is 0 Å². The number of nitrogens with one attached hydrogen (secondary N) is 1. The van der Waals surface area contributed by atoms with Crippen LogP contribution in [0.25, 0.3) is 0 Å². The molecule has 1 aliphatic rings. The van der Waals surface area contributed by atoms with E-state index in [1.807, 2.05) is 29.9 Å². The van der Waals surface area contributed by atoms with Crippen LogP contribution in [0.4, 0.5) is 11.8 Å². The van der Waals surface area contributed by atoms with Gasteiger partial charge in [0.1, 0.15) is 5.82 Å². The molecule has 0 amide bonds. The molecular formula is C14H23Cl2N7. The standard InChI is InChI=1S/C14H21N7.2ClH/c1-9-2-4-21(20-9)5-3-17-13-8-12(18-14(16)19-13)10-6-11(15)7-10;;/h2,4,8,10-11H,3,5-7,15H2,1H3,(H3,16,17,18,19);2*1H. The molecule has 128 valence electrons. The average Bonchev–Trinajstić information content (AvgIpc) is 2.80. The summed E-state index contributed by atoms with van der Waals surface area (Å²) in [5.74, 6) is 1.49. The Morgan fingerprint density at radius 3 is 2.65 bits per heavy atom. The number of aromatic nitrogens is 4. The molecule has 7 nitrogen and oxygen atoms in total. The third kappa shape index (κ3) is 4.95. The van der Waals surface area contributed by atoms with Crippen molar-refractivity contribution in [3.63, 3.8) is 0 Å². The fourth-order valence-corrected chi connectivity index (χ4v) is 2.57. The predicted octanol–water partition coefficient (Wildman–Crippen LogP) is 1.72. The van der Waals surface area contributed by atoms with Gasteiger partial charge in [-0.1, -0.05) is 0 Å². The minimum Gasteiger partial charge on any atom is -0.368 e. The van der Waals surface area contributed by atoms with Gasteiger partial charge in [0, 0.05) is 30.8 Å². The number of halogens is 2. The Labute approximate surface area is 148 Å². The highest BCUT2D eigenvalue weighted by Crippen LogP contribution is 2.35. The second kappa shape index (κ2) is 8.33. The molecule has 2 aromatic heterocycles. The van der Waals surface area contributed by atoms with E-state index < -0.39 is 0 Å². The van der Waals surface area contributed by atoms with Crippen molar-refractivity contribution >= 4 is 36.6 Å². The lowest BCUT2D eigenvalue weighted by Crippen LogP contribution is -2.35. The molecule has 1 fully saturated rings. The Hall–Kier alpha value is -1.57. The van der Waals surface area contributed by atoms with Gasteiger partial charge >= 0.3 is 0 Å². The Bertz CT molecular complexity index is 625. The molecule has 1 aliphatic carbocycles. The van der Waals surface area contributed by atoms with E-state index in [1.54, 1.807) is 0 Å². The van der Waals surface area contributed by atoms with E-state index in [0.717, 1.165) is 43.1 Å². The highest BCUT2D eigenvalue weighted by atomic mass is 35.5. The summed E-state index contributed by atoms with van der Waals surface area (Å²) in [6.45, 7) is 3.49. The Balaban J connectivity index is 0.00000132. The molecule has 2 heterocycles. The summed E-state index contributed by atoms with van der Waals surface area (Å²) in [6, 6.07) is 4.26. The molecule has 23 heavy (non-hydrogen) atoms. The van der Waals surface area contributed by atoms with Gasteiger partial charge in [0.25, 0.3) is 0 Å². The fourth-order valence-electron chi connectivity index (χ4n) is 2.57. The summed E-state index contributed by atoms with van der Waals surface area (Å²) in [7, 11) is 0. The summed E-state index contributed by atoms with van der Waals surface area (Å²) in [5.41, 5.74) is 13.6. The molecule has 0 aliphatic heterocycles. The maximum Gasteiger partial charge on any atom is 0.222 e. The van der Waals surface area contributed by atoms with Gasteiger partial charge in [-0.3, -0.25) is 4.68 Å². The van der Waals surface area contributed by atoms with Gasteiger partial charge < -0.3 is 16.8 Å². The first-order chi connectivity index (χ1) is 10.1. The maximum atomic E-state index is 5.83. The topological polar surface area (TPSA) is 108 Å². The smallest absolute Gasteiger partial charge is 0.222 e. The van der Waals surface area contributed by atoms with Crippen molar-refractivity contribution in [1.29, 1.82) is 0 Å². The van der Waals surface area contributed by atoms with Crippen molar-refractivity contribution in [3.05, 3.63) is 29.7 Å². The van der Waals surface area contributed by atoms with E-state index >= 15 is 0 Å². The van der Waals surface area contributed by atoms with Crippen molar-refractivity contribution in [1.82, 2.24) is 19.7 Å². The summed E-state index contributed by atoms with van der Waals surface area (Å²) in [6.07, 6.45) is 3.91. The van der Waals surface area contributed by atoms with Crippen molar-refractivity contribution in [2.45, 2.75) is 38.3 Å². The third-order valence-corrected chi connectivity index (χ3v) is 3.78. The average molecular weight is 360 g/mol. The molecule has 0 spiro atoms. The normalized spacial score (nSPS) is 19.2. The molecule has 0 aromatic carbocycles. The first-order valence-electron chi connectivity index (χ1n) is 7.24. The number of hydrogen-bond donors (Lipinski definition) is 3. The van der Waals surface area contributed by atoms with Gasteiger partial charge in [0.05, 0.1) is 17.9 Å². The van der Waals surface area contributed by atoms with E-state index in [1.165, 1.54) is 0 Å². The minimum atomic E-state index is 0. The molecule has 0 bridgehead atoms. The number of rotatable bonds is 5. The van der Waals surface area contributed by atoms with Gasteiger partial charge in [-0.05, 0) is 25.8 Å². The third-order valence-electron chi connectivity index (χ3n) is 3.78. The van der Waals surface area contributed by atoms with Gasteiger partial charge in [-0.2, -0.15) is 10.1 Å². The van der Waals surface area contributed by atoms with E-state index in [0.29, 0.717) is 17.9 Å². The second-order valence-corrected chi connectivity index (χ2v) is 5.61. The van der Waals surface area contributed by atoms with Crippen molar-refractivity contribution < 1.29 is 0 Å². The van der Waals surface area contributed by atoms with E-state index in [-0.39, 0.29) is 24.8 Å². The zero-order valence-corrected chi connectivity index (χ0v) is 14.6. The number of hydrogen-bond acceptors (Lipinski definition) is 6. The molecule has 3 rings (SSSR count). The molecule has 1 saturated carbocycles. The molecule has 0 atom stereocenters. The lowest BCUT2D eigenvalue weighted by molar-refractivity contribution is 0.345. The van der Waals surface area contributed by atoms with Gasteiger partial charge in [-0.15, -0.1) is 24.8 Å². The summed E-state index contributed by atoms with van der Waals surface area (Å²) in [5, 5.41) is 7.62. The van der Waals surface area contributed by atoms with E-state index in [2.05, 4.69) is 20.4 Å². The van der Waals surface area contributed by atoms with Crippen molar-refractivity contribution in [2.24, 2.45) is 5.73 Å². The van der Waals surface area contributed by atoms with Gasteiger partial charge in [0.2, 0.25) is 5.95 Å². The molecule has 2 aromatic rings.